The summed E-state index contributed by atoms with van der Waals surface area (Å²) in [5.41, 5.74) is 1.18. The Morgan fingerprint density at radius 1 is 1.23 bits per heavy atom. The van der Waals surface area contributed by atoms with Crippen LogP contribution >= 0.6 is 47.1 Å². The third-order valence-electron chi connectivity index (χ3n) is 5.69. The van der Waals surface area contributed by atoms with Gasteiger partial charge in [-0.05, 0) is 44.2 Å². The Morgan fingerprint density at radius 3 is 2.81 bits per heavy atom. The molecule has 2 saturated heterocycles. The number of hydrogen-bond donors (Lipinski definition) is 1. The van der Waals surface area contributed by atoms with Crippen LogP contribution in [0.4, 0.5) is 5.13 Å². The van der Waals surface area contributed by atoms with Crippen molar-refractivity contribution in [1.29, 1.82) is 0 Å². The number of anilines is 1. The van der Waals surface area contributed by atoms with E-state index in [2.05, 4.69) is 57.8 Å². The van der Waals surface area contributed by atoms with Crippen molar-refractivity contribution in [2.45, 2.75) is 37.5 Å². The molecule has 0 aliphatic carbocycles. The Kier molecular flexibility index (Phi) is 10.2. The molecule has 0 amide bonds. The SMILES string of the molecule is CCNC(=NCCc1csc(N2CCCC2)n1)N1CCC(CSc2ccccc2)C1.I. The summed E-state index contributed by atoms with van der Waals surface area (Å²) in [6, 6.07) is 10.7. The predicted molar refractivity (Wildman–Crippen MR) is 146 cm³/mol. The monoisotopic (exact) mass is 571 g/mol. The van der Waals surface area contributed by atoms with E-state index in [0.29, 0.717) is 0 Å². The Hall–Kier alpha value is -1.000. The van der Waals surface area contributed by atoms with E-state index in [4.69, 9.17) is 9.98 Å². The molecule has 2 aliphatic heterocycles. The zero-order valence-electron chi connectivity index (χ0n) is 18.3. The van der Waals surface area contributed by atoms with E-state index < -0.39 is 0 Å². The third kappa shape index (κ3) is 7.25. The molecular weight excluding hydrogens is 537 g/mol. The lowest BCUT2D eigenvalue weighted by Gasteiger charge is -2.21. The zero-order valence-corrected chi connectivity index (χ0v) is 22.3. The highest BCUT2D eigenvalue weighted by Gasteiger charge is 2.25. The van der Waals surface area contributed by atoms with Crippen LogP contribution in [0.15, 0.2) is 45.6 Å². The lowest BCUT2D eigenvalue weighted by Crippen LogP contribution is -2.40. The quantitative estimate of drug-likeness (QED) is 0.210. The van der Waals surface area contributed by atoms with Gasteiger partial charge in [0.05, 0.1) is 5.69 Å². The van der Waals surface area contributed by atoms with Gasteiger partial charge in [0.15, 0.2) is 11.1 Å². The van der Waals surface area contributed by atoms with Gasteiger partial charge in [-0.2, -0.15) is 0 Å². The van der Waals surface area contributed by atoms with Crippen LogP contribution in [0.2, 0.25) is 0 Å². The molecule has 0 bridgehead atoms. The lowest BCUT2D eigenvalue weighted by molar-refractivity contribution is 0.474. The molecule has 0 saturated carbocycles. The molecule has 170 valence electrons. The van der Waals surface area contributed by atoms with E-state index >= 15 is 0 Å². The van der Waals surface area contributed by atoms with E-state index in [1.165, 1.54) is 40.7 Å². The number of halogens is 1. The second-order valence-corrected chi connectivity index (χ2v) is 9.96. The largest absolute Gasteiger partial charge is 0.357 e. The molecule has 2 fully saturated rings. The van der Waals surface area contributed by atoms with E-state index in [1.54, 1.807) is 11.3 Å². The second-order valence-electron chi connectivity index (χ2n) is 8.03. The Labute approximate surface area is 212 Å². The standard InChI is InChI=1S/C23H33N5S2.HI/c1-2-24-22(25-12-10-20-18-30-23(26-20)27-13-6-7-14-27)28-15-11-19(16-28)17-29-21-8-4-3-5-9-21;/h3-5,8-9,18-19H,2,6-7,10-17H2,1H3,(H,24,25);1H. The molecule has 31 heavy (non-hydrogen) atoms. The average molecular weight is 572 g/mol. The fraction of sp³-hybridized carbons (Fsp3) is 0.565. The van der Waals surface area contributed by atoms with Gasteiger partial charge in [-0.25, -0.2) is 4.98 Å². The Bertz CT molecular complexity index is 807. The van der Waals surface area contributed by atoms with E-state index in [9.17, 15) is 0 Å². The minimum atomic E-state index is 0. The molecule has 2 aromatic rings. The fourth-order valence-electron chi connectivity index (χ4n) is 4.06. The minimum absolute atomic E-state index is 0. The fourth-order valence-corrected chi connectivity index (χ4v) is 6.02. The van der Waals surface area contributed by atoms with Crippen LogP contribution in [-0.2, 0) is 6.42 Å². The number of benzene rings is 1. The van der Waals surface area contributed by atoms with Gasteiger partial charge in [0.1, 0.15) is 0 Å². The summed E-state index contributed by atoms with van der Waals surface area (Å²) in [5, 5.41) is 6.90. The summed E-state index contributed by atoms with van der Waals surface area (Å²) in [5.74, 6) is 2.97. The number of nitrogens with zero attached hydrogens (tertiary/aromatic N) is 4. The van der Waals surface area contributed by atoms with Crippen LogP contribution in [0.25, 0.3) is 0 Å². The number of aliphatic imine (C=N–C) groups is 1. The molecule has 1 unspecified atom stereocenters. The lowest BCUT2D eigenvalue weighted by atomic mass is 10.2. The van der Waals surface area contributed by atoms with E-state index in [1.807, 2.05) is 11.8 Å². The number of guanidine groups is 1. The van der Waals surface area contributed by atoms with Crippen LogP contribution < -0.4 is 10.2 Å². The van der Waals surface area contributed by atoms with Gasteiger partial charge in [-0.3, -0.25) is 4.99 Å². The van der Waals surface area contributed by atoms with Crippen LogP contribution in [0, 0.1) is 5.92 Å². The third-order valence-corrected chi connectivity index (χ3v) is 7.89. The topological polar surface area (TPSA) is 43.8 Å². The van der Waals surface area contributed by atoms with Crippen LogP contribution in [0.5, 0.6) is 0 Å². The van der Waals surface area contributed by atoms with Gasteiger partial charge in [-0.1, -0.05) is 18.2 Å². The number of thioether (sulfide) groups is 1. The smallest absolute Gasteiger partial charge is 0.193 e. The van der Waals surface area contributed by atoms with E-state index in [0.717, 1.165) is 57.6 Å². The first-order chi connectivity index (χ1) is 14.8. The number of hydrogen-bond acceptors (Lipinski definition) is 5. The highest BCUT2D eigenvalue weighted by molar-refractivity contribution is 14.0. The summed E-state index contributed by atoms with van der Waals surface area (Å²) in [4.78, 5) is 16.0. The maximum atomic E-state index is 4.93. The van der Waals surface area contributed by atoms with Gasteiger partial charge < -0.3 is 15.1 Å². The number of thiazole rings is 1. The predicted octanol–water partition coefficient (Wildman–Crippen LogP) is 4.98. The van der Waals surface area contributed by atoms with Crippen molar-refractivity contribution in [1.82, 2.24) is 15.2 Å². The maximum absolute atomic E-state index is 4.93. The summed E-state index contributed by atoms with van der Waals surface area (Å²) < 4.78 is 0. The first kappa shape index (κ1) is 24.6. The van der Waals surface area contributed by atoms with Gasteiger partial charge >= 0.3 is 0 Å². The molecule has 5 nitrogen and oxygen atoms in total. The van der Waals surface area contributed by atoms with Crippen molar-refractivity contribution >= 4 is 58.2 Å². The van der Waals surface area contributed by atoms with Crippen LogP contribution in [0.3, 0.4) is 0 Å². The summed E-state index contributed by atoms with van der Waals surface area (Å²) >= 11 is 3.76. The molecule has 4 rings (SSSR count). The Balaban J connectivity index is 0.00000272. The highest BCUT2D eigenvalue weighted by Crippen LogP contribution is 2.26. The zero-order chi connectivity index (χ0) is 20.6. The Morgan fingerprint density at radius 2 is 2.03 bits per heavy atom. The van der Waals surface area contributed by atoms with Crippen molar-refractivity contribution < 1.29 is 0 Å². The molecule has 8 heteroatoms. The second kappa shape index (κ2) is 12.9. The van der Waals surface area contributed by atoms with Gasteiger partial charge in [0, 0.05) is 61.7 Å². The van der Waals surface area contributed by atoms with Gasteiger partial charge in [0.2, 0.25) is 0 Å². The summed E-state index contributed by atoms with van der Waals surface area (Å²) in [6.07, 6.45) is 4.76. The number of nitrogens with one attached hydrogen (secondary N) is 1. The molecule has 2 aliphatic rings. The van der Waals surface area contributed by atoms with Crippen LogP contribution in [-0.4, -0.2) is 60.9 Å². The van der Waals surface area contributed by atoms with E-state index in [-0.39, 0.29) is 24.0 Å². The molecule has 1 aromatic carbocycles. The van der Waals surface area contributed by atoms with Crippen molar-refractivity contribution in [3.8, 4) is 0 Å². The van der Waals surface area contributed by atoms with Gasteiger partial charge in [-0.15, -0.1) is 47.1 Å². The molecule has 1 aromatic heterocycles. The summed E-state index contributed by atoms with van der Waals surface area (Å²) in [7, 11) is 0. The summed E-state index contributed by atoms with van der Waals surface area (Å²) in [6.45, 7) is 8.38. The van der Waals surface area contributed by atoms with Crippen LogP contribution in [0.1, 0.15) is 31.9 Å². The first-order valence-corrected chi connectivity index (χ1v) is 13.1. The molecule has 1 atom stereocenters. The normalized spacial score (nSPS) is 19.0. The minimum Gasteiger partial charge on any atom is -0.357 e. The van der Waals surface area contributed by atoms with Crippen molar-refractivity contribution in [3.63, 3.8) is 0 Å². The molecular formula is C23H34IN5S2. The average Bonchev–Trinajstić information content (AvgIpc) is 3.54. The molecule has 3 heterocycles. The maximum Gasteiger partial charge on any atom is 0.193 e. The van der Waals surface area contributed by atoms with Gasteiger partial charge in [0.25, 0.3) is 0 Å². The number of rotatable bonds is 8. The highest BCUT2D eigenvalue weighted by atomic mass is 127. The molecule has 0 radical (unpaired) electrons. The number of likely N-dealkylation sites (tertiary alicyclic amines) is 1. The van der Waals surface area contributed by atoms with Crippen molar-refractivity contribution in [3.05, 3.63) is 41.4 Å². The first-order valence-electron chi connectivity index (χ1n) is 11.2. The molecule has 1 N–H and O–H groups in total. The molecule has 0 spiro atoms. The number of aromatic nitrogens is 1. The van der Waals surface area contributed by atoms with Crippen molar-refractivity contribution in [2.24, 2.45) is 10.9 Å². The van der Waals surface area contributed by atoms with Crippen molar-refractivity contribution in [2.75, 3.05) is 49.9 Å².